The highest BCUT2D eigenvalue weighted by Gasteiger charge is 2.21. The largest absolute Gasteiger partial charge is 0.320 e. The summed E-state index contributed by atoms with van der Waals surface area (Å²) < 4.78 is 0.527. The van der Waals surface area contributed by atoms with E-state index in [1.165, 1.54) is 24.2 Å². The van der Waals surface area contributed by atoms with Crippen LogP contribution in [-0.4, -0.2) is 26.9 Å². The highest BCUT2D eigenvalue weighted by molar-refractivity contribution is 8.01. The first-order valence-corrected chi connectivity index (χ1v) is 10.2. The van der Waals surface area contributed by atoms with Crippen molar-refractivity contribution in [1.29, 1.82) is 0 Å². The number of amides is 1. The first kappa shape index (κ1) is 18.4. The van der Waals surface area contributed by atoms with E-state index in [1.54, 1.807) is 12.1 Å². The Morgan fingerprint density at radius 2 is 1.93 bits per heavy atom. The smallest absolute Gasteiger partial charge is 0.286 e. The molecule has 136 valence electrons. The van der Waals surface area contributed by atoms with Gasteiger partial charge >= 0.3 is 0 Å². The molecule has 0 saturated carbocycles. The first-order valence-electron chi connectivity index (χ1n) is 7.79. The molecule has 1 aromatic carbocycles. The molecule has 0 spiro atoms. The predicted octanol–water partition coefficient (Wildman–Crippen LogP) is 4.77. The highest BCUT2D eigenvalue weighted by Crippen LogP contribution is 2.39. The lowest BCUT2D eigenvalue weighted by Gasteiger charge is -2.05. The van der Waals surface area contributed by atoms with E-state index in [-0.39, 0.29) is 10.8 Å². The van der Waals surface area contributed by atoms with Crippen molar-refractivity contribution in [2.45, 2.75) is 22.1 Å². The van der Waals surface area contributed by atoms with Gasteiger partial charge in [-0.2, -0.15) is 0 Å². The molecule has 3 aromatic rings. The number of nitrogens with one attached hydrogen (secondary N) is 1. The second kappa shape index (κ2) is 7.55. The molecule has 0 saturated heterocycles. The average molecular weight is 437 g/mol. The molecule has 1 aliphatic rings. The monoisotopic (exact) mass is 436 g/mol. The minimum absolute atomic E-state index is 0.0989. The molecular formula is C17H10Cl2N4O2S2. The van der Waals surface area contributed by atoms with Gasteiger partial charge in [0.2, 0.25) is 5.01 Å². The van der Waals surface area contributed by atoms with Crippen LogP contribution in [0.1, 0.15) is 32.1 Å². The van der Waals surface area contributed by atoms with Gasteiger partial charge in [-0.1, -0.05) is 52.4 Å². The maximum atomic E-state index is 12.4. The summed E-state index contributed by atoms with van der Waals surface area (Å²) >= 11 is 14.5. The number of hydrogen-bond donors (Lipinski definition) is 1. The summed E-state index contributed by atoms with van der Waals surface area (Å²) in [6.07, 6.45) is 4.24. The van der Waals surface area contributed by atoms with Crippen LogP contribution in [0.15, 0.2) is 39.8 Å². The molecule has 0 bridgehead atoms. The number of aromatic nitrogens is 3. The van der Waals surface area contributed by atoms with E-state index >= 15 is 0 Å². The molecule has 2 heterocycles. The molecule has 4 rings (SSSR count). The van der Waals surface area contributed by atoms with E-state index in [1.807, 2.05) is 6.07 Å². The Morgan fingerprint density at radius 1 is 1.15 bits per heavy atom. The number of nitrogens with zero attached hydrogens (tertiary/aromatic N) is 3. The molecule has 6 nitrogen and oxygen atoms in total. The summed E-state index contributed by atoms with van der Waals surface area (Å²) in [5.74, 6) is -0.293. The van der Waals surface area contributed by atoms with Crippen LogP contribution in [0.3, 0.4) is 0 Å². The van der Waals surface area contributed by atoms with Crippen LogP contribution in [0.2, 0.25) is 10.0 Å². The molecular weight excluding hydrogens is 427 g/mol. The van der Waals surface area contributed by atoms with Crippen LogP contribution in [0.25, 0.3) is 0 Å². The number of ketones is 1. The Kier molecular flexibility index (Phi) is 5.14. The van der Waals surface area contributed by atoms with E-state index in [0.29, 0.717) is 37.0 Å². The van der Waals surface area contributed by atoms with Gasteiger partial charge < -0.3 is 5.32 Å². The zero-order valence-corrected chi connectivity index (χ0v) is 16.7. The number of halogens is 2. The van der Waals surface area contributed by atoms with Crippen molar-refractivity contribution in [1.82, 2.24) is 15.2 Å². The van der Waals surface area contributed by atoms with E-state index in [4.69, 9.17) is 23.2 Å². The Hall–Kier alpha value is -2.00. The number of rotatable bonds is 4. The fraction of sp³-hybridized carbons (Fsp3) is 0.118. The number of carbonyl (C=O) groups is 2. The molecule has 2 aromatic heterocycles. The zero-order valence-electron chi connectivity index (χ0n) is 13.5. The number of pyridine rings is 1. The topological polar surface area (TPSA) is 84.8 Å². The molecule has 0 fully saturated rings. The van der Waals surface area contributed by atoms with Gasteiger partial charge in [-0.3, -0.25) is 14.6 Å². The van der Waals surface area contributed by atoms with Gasteiger partial charge in [-0.05, 0) is 24.1 Å². The van der Waals surface area contributed by atoms with Crippen molar-refractivity contribution in [3.8, 4) is 0 Å². The second-order valence-electron chi connectivity index (χ2n) is 5.66. The molecule has 1 amide bonds. The summed E-state index contributed by atoms with van der Waals surface area (Å²) in [6, 6.07) is 5.35. The van der Waals surface area contributed by atoms with Gasteiger partial charge in [0.1, 0.15) is 0 Å². The summed E-state index contributed by atoms with van der Waals surface area (Å²) in [5, 5.41) is 11.7. The van der Waals surface area contributed by atoms with Crippen LogP contribution in [0, 0.1) is 0 Å². The van der Waals surface area contributed by atoms with Gasteiger partial charge in [0.15, 0.2) is 10.1 Å². The van der Waals surface area contributed by atoms with E-state index in [0.717, 1.165) is 23.3 Å². The Balaban J connectivity index is 1.49. The van der Waals surface area contributed by atoms with Gasteiger partial charge in [0.25, 0.3) is 5.91 Å². The van der Waals surface area contributed by atoms with Crippen molar-refractivity contribution in [3.05, 3.63) is 56.8 Å². The summed E-state index contributed by atoms with van der Waals surface area (Å²) in [4.78, 5) is 28.8. The molecule has 0 unspecified atom stereocenters. The number of fused-ring (bicyclic) bond motifs is 1. The van der Waals surface area contributed by atoms with E-state index in [2.05, 4.69) is 20.5 Å². The fourth-order valence-corrected chi connectivity index (χ4v) is 4.90. The van der Waals surface area contributed by atoms with Gasteiger partial charge in [0.05, 0.1) is 14.9 Å². The van der Waals surface area contributed by atoms with E-state index < -0.39 is 5.91 Å². The Bertz CT molecular complexity index is 1050. The lowest BCUT2D eigenvalue weighted by molar-refractivity contribution is 0.0991. The van der Waals surface area contributed by atoms with Crippen molar-refractivity contribution in [2.24, 2.45) is 0 Å². The normalized spacial score (nSPS) is 12.9. The lowest BCUT2D eigenvalue weighted by Crippen LogP contribution is -2.12. The number of aryl methyl sites for hydroxylation is 1. The van der Waals surface area contributed by atoms with Crippen LogP contribution in [0.4, 0.5) is 5.69 Å². The maximum absolute atomic E-state index is 12.4. The number of Topliss-reactive ketones (excluding diaryl/α,β-unsaturated/α-hetero) is 1. The maximum Gasteiger partial charge on any atom is 0.286 e. The molecule has 1 N–H and O–H groups in total. The fourth-order valence-electron chi connectivity index (χ4n) is 2.63. The summed E-state index contributed by atoms with van der Waals surface area (Å²) in [6.45, 7) is 0. The summed E-state index contributed by atoms with van der Waals surface area (Å²) in [7, 11) is 0. The minimum Gasteiger partial charge on any atom is -0.320 e. The van der Waals surface area contributed by atoms with Crippen LogP contribution in [0.5, 0.6) is 0 Å². The van der Waals surface area contributed by atoms with Gasteiger partial charge in [-0.25, -0.2) is 0 Å². The molecule has 1 aliphatic carbocycles. The van der Waals surface area contributed by atoms with Crippen molar-refractivity contribution in [3.63, 3.8) is 0 Å². The number of hydrogen-bond acceptors (Lipinski definition) is 7. The minimum atomic E-state index is -0.392. The average Bonchev–Trinajstić information content (AvgIpc) is 3.26. The first-order chi connectivity index (χ1) is 13.0. The molecule has 27 heavy (non-hydrogen) atoms. The van der Waals surface area contributed by atoms with Gasteiger partial charge in [-0.15, -0.1) is 10.2 Å². The van der Waals surface area contributed by atoms with Crippen LogP contribution >= 0.6 is 46.3 Å². The highest BCUT2D eigenvalue weighted by atomic mass is 35.5. The third-order valence-corrected chi connectivity index (χ3v) is 6.80. The third kappa shape index (κ3) is 3.84. The second-order valence-corrected chi connectivity index (χ2v) is 8.71. The van der Waals surface area contributed by atoms with Crippen LogP contribution < -0.4 is 5.32 Å². The van der Waals surface area contributed by atoms with Crippen molar-refractivity contribution in [2.75, 3.05) is 5.32 Å². The molecule has 10 heteroatoms. The standard InChI is InChI=1S/C17H10Cl2N4O2S2/c18-11-6-20-7-12(19)14(11)26-17-23-22-16(27-17)15(25)21-9-3-1-8-2-4-13(24)10(8)5-9/h1,3,5-7H,2,4H2,(H,21,25). The van der Waals surface area contributed by atoms with Crippen LogP contribution in [-0.2, 0) is 6.42 Å². The van der Waals surface area contributed by atoms with E-state index in [9.17, 15) is 9.59 Å². The lowest BCUT2D eigenvalue weighted by atomic mass is 10.1. The Morgan fingerprint density at radius 3 is 2.70 bits per heavy atom. The molecule has 0 radical (unpaired) electrons. The third-order valence-electron chi connectivity index (χ3n) is 3.89. The van der Waals surface area contributed by atoms with Crippen molar-refractivity contribution < 1.29 is 9.59 Å². The zero-order chi connectivity index (χ0) is 19.0. The SMILES string of the molecule is O=C(Nc1ccc2c(c1)C(=O)CC2)c1nnc(Sc2c(Cl)cncc2Cl)s1. The predicted molar refractivity (Wildman–Crippen MR) is 105 cm³/mol. The Labute approximate surface area is 172 Å². The number of anilines is 1. The molecule has 0 atom stereocenters. The number of carbonyl (C=O) groups excluding carboxylic acids is 2. The summed E-state index contributed by atoms with van der Waals surface area (Å²) in [5.41, 5.74) is 2.24. The van der Waals surface area contributed by atoms with Crippen molar-refractivity contribution >= 4 is 63.7 Å². The number of benzene rings is 1. The quantitative estimate of drug-likeness (QED) is 0.633. The molecule has 0 aliphatic heterocycles. The van der Waals surface area contributed by atoms with Gasteiger partial charge in [0, 0.05) is 30.1 Å².